The molecule has 4 heteroatoms. The highest BCUT2D eigenvalue weighted by Crippen LogP contribution is 2.21. The van der Waals surface area contributed by atoms with Gasteiger partial charge in [-0.15, -0.1) is 0 Å². The maximum Gasteiger partial charge on any atom is 0.129 e. The van der Waals surface area contributed by atoms with Crippen molar-refractivity contribution in [2.75, 3.05) is 31.6 Å². The second kappa shape index (κ2) is 6.87. The van der Waals surface area contributed by atoms with Crippen molar-refractivity contribution in [3.05, 3.63) is 23.4 Å². The highest BCUT2D eigenvalue weighted by molar-refractivity contribution is 5.44. The van der Waals surface area contributed by atoms with Gasteiger partial charge in [0.2, 0.25) is 0 Å². The first-order chi connectivity index (χ1) is 9.26. The van der Waals surface area contributed by atoms with E-state index in [4.69, 9.17) is 9.72 Å². The van der Waals surface area contributed by atoms with Crippen LogP contribution >= 0.6 is 0 Å². The standard InChI is InChI=1S/C15H25N3O/c1-4-13-8-12(10-16-5-2)9-15(17-13)18-7-6-14(11-18)19-3/h8-9,14,16H,4-7,10-11H2,1-3H3. The number of rotatable bonds is 6. The molecule has 4 nitrogen and oxygen atoms in total. The Hall–Kier alpha value is -1.13. The molecule has 0 spiro atoms. The largest absolute Gasteiger partial charge is 0.380 e. The van der Waals surface area contributed by atoms with Gasteiger partial charge in [-0.1, -0.05) is 13.8 Å². The summed E-state index contributed by atoms with van der Waals surface area (Å²) in [5, 5.41) is 3.38. The van der Waals surface area contributed by atoms with Gasteiger partial charge >= 0.3 is 0 Å². The maximum absolute atomic E-state index is 5.43. The van der Waals surface area contributed by atoms with Gasteiger partial charge < -0.3 is 15.0 Å². The Morgan fingerprint density at radius 1 is 1.42 bits per heavy atom. The third-order valence-corrected chi connectivity index (χ3v) is 3.67. The molecule has 19 heavy (non-hydrogen) atoms. The molecule has 1 aromatic rings. The van der Waals surface area contributed by atoms with Crippen LogP contribution < -0.4 is 10.2 Å². The van der Waals surface area contributed by atoms with E-state index in [2.05, 4.69) is 36.2 Å². The summed E-state index contributed by atoms with van der Waals surface area (Å²) < 4.78 is 5.43. The number of aryl methyl sites for hydroxylation is 1. The van der Waals surface area contributed by atoms with Crippen molar-refractivity contribution in [1.29, 1.82) is 0 Å². The molecule has 0 aromatic carbocycles. The minimum atomic E-state index is 0.351. The average molecular weight is 263 g/mol. The number of ether oxygens (including phenoxy) is 1. The van der Waals surface area contributed by atoms with E-state index in [1.54, 1.807) is 7.11 Å². The summed E-state index contributed by atoms with van der Waals surface area (Å²) in [6.07, 6.45) is 2.43. The molecule has 2 heterocycles. The number of aromatic nitrogens is 1. The first-order valence-corrected chi connectivity index (χ1v) is 7.25. The molecule has 2 rings (SSSR count). The van der Waals surface area contributed by atoms with E-state index in [0.717, 1.165) is 44.8 Å². The Balaban J connectivity index is 2.14. The van der Waals surface area contributed by atoms with Gasteiger partial charge in [-0.25, -0.2) is 4.98 Å². The van der Waals surface area contributed by atoms with E-state index < -0.39 is 0 Å². The smallest absolute Gasteiger partial charge is 0.129 e. The number of methoxy groups -OCH3 is 1. The molecule has 1 aliphatic heterocycles. The van der Waals surface area contributed by atoms with Crippen molar-refractivity contribution < 1.29 is 4.74 Å². The molecule has 0 saturated carbocycles. The van der Waals surface area contributed by atoms with E-state index in [9.17, 15) is 0 Å². The van der Waals surface area contributed by atoms with Gasteiger partial charge in [0.1, 0.15) is 5.82 Å². The Morgan fingerprint density at radius 3 is 2.89 bits per heavy atom. The Kier molecular flexibility index (Phi) is 5.16. The molecule has 1 saturated heterocycles. The predicted octanol–water partition coefficient (Wildman–Crippen LogP) is 1.98. The Morgan fingerprint density at radius 2 is 2.26 bits per heavy atom. The van der Waals surface area contributed by atoms with E-state index in [1.807, 2.05) is 0 Å². The fourth-order valence-corrected chi connectivity index (χ4v) is 2.48. The topological polar surface area (TPSA) is 37.4 Å². The molecule has 0 radical (unpaired) electrons. The lowest BCUT2D eigenvalue weighted by atomic mass is 10.2. The molecular weight excluding hydrogens is 238 g/mol. The fraction of sp³-hybridized carbons (Fsp3) is 0.667. The second-order valence-electron chi connectivity index (χ2n) is 5.05. The van der Waals surface area contributed by atoms with Gasteiger partial charge in [-0.3, -0.25) is 0 Å². The molecule has 1 aliphatic rings. The first-order valence-electron chi connectivity index (χ1n) is 7.25. The Bertz CT molecular complexity index is 408. The van der Waals surface area contributed by atoms with E-state index in [1.165, 1.54) is 11.3 Å². The first kappa shape index (κ1) is 14.3. The highest BCUT2D eigenvalue weighted by atomic mass is 16.5. The normalized spacial score (nSPS) is 19.1. The van der Waals surface area contributed by atoms with E-state index in [-0.39, 0.29) is 0 Å². The SMILES string of the molecule is CCNCc1cc(CC)nc(N2CCC(OC)C2)c1. The zero-order chi connectivity index (χ0) is 13.7. The number of anilines is 1. The maximum atomic E-state index is 5.43. The number of pyridine rings is 1. The summed E-state index contributed by atoms with van der Waals surface area (Å²) >= 11 is 0. The summed E-state index contributed by atoms with van der Waals surface area (Å²) in [7, 11) is 1.79. The van der Waals surface area contributed by atoms with Crippen LogP contribution in [0.1, 0.15) is 31.5 Å². The van der Waals surface area contributed by atoms with Crippen molar-refractivity contribution in [3.63, 3.8) is 0 Å². The van der Waals surface area contributed by atoms with E-state index in [0.29, 0.717) is 6.10 Å². The van der Waals surface area contributed by atoms with Gasteiger partial charge in [-0.2, -0.15) is 0 Å². The number of hydrogen-bond acceptors (Lipinski definition) is 4. The lowest BCUT2D eigenvalue weighted by Crippen LogP contribution is -2.24. The third kappa shape index (κ3) is 3.67. The van der Waals surface area contributed by atoms with Crippen molar-refractivity contribution >= 4 is 5.82 Å². The highest BCUT2D eigenvalue weighted by Gasteiger charge is 2.23. The van der Waals surface area contributed by atoms with Gasteiger partial charge in [-0.05, 0) is 37.1 Å². The molecule has 1 fully saturated rings. The molecule has 106 valence electrons. The van der Waals surface area contributed by atoms with Crippen LogP contribution in [-0.2, 0) is 17.7 Å². The molecular formula is C15H25N3O. The molecule has 1 N–H and O–H groups in total. The molecule has 1 atom stereocenters. The van der Waals surface area contributed by atoms with Crippen LogP contribution in [0.3, 0.4) is 0 Å². The van der Waals surface area contributed by atoms with Crippen LogP contribution in [0.2, 0.25) is 0 Å². The summed E-state index contributed by atoms with van der Waals surface area (Å²) in [6.45, 7) is 8.20. The molecule has 1 aromatic heterocycles. The van der Waals surface area contributed by atoms with Crippen molar-refractivity contribution in [3.8, 4) is 0 Å². The number of nitrogens with zero attached hydrogens (tertiary/aromatic N) is 2. The van der Waals surface area contributed by atoms with E-state index >= 15 is 0 Å². The monoisotopic (exact) mass is 263 g/mol. The summed E-state index contributed by atoms with van der Waals surface area (Å²) in [4.78, 5) is 7.09. The van der Waals surface area contributed by atoms with Crippen molar-refractivity contribution in [2.45, 2.75) is 39.3 Å². The van der Waals surface area contributed by atoms with Gasteiger partial charge in [0, 0.05) is 32.4 Å². The molecule has 0 aliphatic carbocycles. The van der Waals surface area contributed by atoms with Crippen molar-refractivity contribution in [1.82, 2.24) is 10.3 Å². The summed E-state index contributed by atoms with van der Waals surface area (Å²) in [5.41, 5.74) is 2.50. The van der Waals surface area contributed by atoms with Gasteiger partial charge in [0.05, 0.1) is 6.10 Å². The summed E-state index contributed by atoms with van der Waals surface area (Å²) in [5.74, 6) is 1.10. The lowest BCUT2D eigenvalue weighted by molar-refractivity contribution is 0.121. The van der Waals surface area contributed by atoms with Crippen LogP contribution in [0, 0.1) is 0 Å². The molecule has 0 bridgehead atoms. The second-order valence-corrected chi connectivity index (χ2v) is 5.05. The van der Waals surface area contributed by atoms with Crippen LogP contribution in [0.25, 0.3) is 0 Å². The summed E-state index contributed by atoms with van der Waals surface area (Å²) in [6, 6.07) is 4.41. The average Bonchev–Trinajstić information content (AvgIpc) is 2.93. The predicted molar refractivity (Wildman–Crippen MR) is 78.6 cm³/mol. The minimum Gasteiger partial charge on any atom is -0.380 e. The quantitative estimate of drug-likeness (QED) is 0.851. The molecule has 1 unspecified atom stereocenters. The number of nitrogens with one attached hydrogen (secondary N) is 1. The van der Waals surface area contributed by atoms with Crippen LogP contribution in [0.5, 0.6) is 0 Å². The van der Waals surface area contributed by atoms with Gasteiger partial charge in [0.25, 0.3) is 0 Å². The Labute approximate surface area is 116 Å². The minimum absolute atomic E-state index is 0.351. The van der Waals surface area contributed by atoms with Crippen LogP contribution in [0.15, 0.2) is 12.1 Å². The zero-order valence-electron chi connectivity index (χ0n) is 12.3. The lowest BCUT2D eigenvalue weighted by Gasteiger charge is -2.19. The third-order valence-electron chi connectivity index (χ3n) is 3.67. The number of hydrogen-bond donors (Lipinski definition) is 1. The fourth-order valence-electron chi connectivity index (χ4n) is 2.48. The van der Waals surface area contributed by atoms with Crippen LogP contribution in [0.4, 0.5) is 5.82 Å². The van der Waals surface area contributed by atoms with Crippen molar-refractivity contribution in [2.24, 2.45) is 0 Å². The zero-order valence-corrected chi connectivity index (χ0v) is 12.3. The van der Waals surface area contributed by atoms with Gasteiger partial charge in [0.15, 0.2) is 0 Å². The molecule has 0 amide bonds. The van der Waals surface area contributed by atoms with Crippen LogP contribution in [-0.4, -0.2) is 37.8 Å².